The van der Waals surface area contributed by atoms with E-state index >= 15 is 0 Å². The van der Waals surface area contributed by atoms with Crippen molar-refractivity contribution in [3.05, 3.63) is 48.6 Å². The van der Waals surface area contributed by atoms with Crippen LogP contribution in [-0.2, 0) is 23.8 Å². The average Bonchev–Trinajstić information content (AvgIpc) is 3.02. The highest BCUT2D eigenvalue weighted by atomic mass is 16.7. The van der Waals surface area contributed by atoms with Crippen LogP contribution in [0.2, 0.25) is 0 Å². The van der Waals surface area contributed by atoms with Crippen molar-refractivity contribution in [3.63, 3.8) is 0 Å². The van der Waals surface area contributed by atoms with E-state index in [1.807, 2.05) is 6.08 Å². The SMILES string of the molecule is CCCCCCCC/C=C\CCCCCCCCCC(=O)OCCCCCCCCCCC/C=C\C/C=C\CCCCCCCCCCCCCCCCCCCC(=O)NC(COC1OC(CO)C(O)C(O)C1O)C(O)/C=C/CCCCCCCCC. The fourth-order valence-electron chi connectivity index (χ4n) is 11.8. The van der Waals surface area contributed by atoms with Crippen molar-refractivity contribution >= 4 is 11.9 Å². The summed E-state index contributed by atoms with van der Waals surface area (Å²) in [5.74, 6) is -0.177. The molecule has 0 bridgehead atoms. The standard InChI is InChI=1S/C76H141NO10/c1-3-5-7-9-11-13-14-15-16-34-38-41-44-48-52-56-60-64-72(81)85-65-61-57-53-49-45-42-39-36-33-31-29-27-25-23-21-19-17-18-20-22-24-26-28-30-32-35-37-40-43-47-51-55-59-63-71(80)77-68(69(79)62-58-54-50-46-12-10-8-6-4-2)67-86-76-75(84)74(83)73(82)70(66-78)87-76/h15-16,21,23,27,29,58,62,68-70,73-76,78-79,82-84H,3-14,17-20,22,24-26,28,30-57,59-61,63-67H2,1-2H3,(H,77,80)/b16-15-,23-21-,29-27-,62-58+. The highest BCUT2D eigenvalue weighted by Gasteiger charge is 2.44. The van der Waals surface area contributed by atoms with Gasteiger partial charge in [-0.1, -0.05) is 306 Å². The lowest BCUT2D eigenvalue weighted by Crippen LogP contribution is -2.60. The van der Waals surface area contributed by atoms with Crippen LogP contribution < -0.4 is 5.32 Å². The molecule has 1 rings (SSSR count). The zero-order valence-electron chi connectivity index (χ0n) is 56.7. The Labute approximate surface area is 536 Å². The summed E-state index contributed by atoms with van der Waals surface area (Å²) < 4.78 is 16.7. The molecule has 87 heavy (non-hydrogen) atoms. The van der Waals surface area contributed by atoms with E-state index < -0.39 is 49.5 Å². The predicted octanol–water partition coefficient (Wildman–Crippen LogP) is 19.5. The molecular formula is C76H141NO10. The highest BCUT2D eigenvalue weighted by molar-refractivity contribution is 5.76. The first-order valence-corrected chi connectivity index (χ1v) is 37.4. The molecule has 1 aliphatic rings. The number of unbranched alkanes of at least 4 members (excludes halogenated alkanes) is 46. The van der Waals surface area contributed by atoms with Crippen LogP contribution in [0.3, 0.4) is 0 Å². The Morgan fingerprint density at radius 3 is 1.17 bits per heavy atom. The van der Waals surface area contributed by atoms with Crippen LogP contribution in [0.25, 0.3) is 0 Å². The monoisotopic (exact) mass is 1230 g/mol. The van der Waals surface area contributed by atoms with Crippen LogP contribution in [0.5, 0.6) is 0 Å². The van der Waals surface area contributed by atoms with E-state index in [1.54, 1.807) is 6.08 Å². The predicted molar refractivity (Wildman–Crippen MR) is 366 cm³/mol. The summed E-state index contributed by atoms with van der Waals surface area (Å²) in [7, 11) is 0. The first-order valence-electron chi connectivity index (χ1n) is 37.4. The van der Waals surface area contributed by atoms with Gasteiger partial charge in [-0.2, -0.15) is 0 Å². The largest absolute Gasteiger partial charge is 0.466 e. The lowest BCUT2D eigenvalue weighted by molar-refractivity contribution is -0.302. The fraction of sp³-hybridized carbons (Fsp3) is 0.868. The molecule has 0 spiro atoms. The lowest BCUT2D eigenvalue weighted by atomic mass is 9.99. The zero-order valence-corrected chi connectivity index (χ0v) is 56.7. The Morgan fingerprint density at radius 1 is 0.425 bits per heavy atom. The van der Waals surface area contributed by atoms with E-state index in [-0.39, 0.29) is 18.5 Å². The van der Waals surface area contributed by atoms with Gasteiger partial charge in [-0.3, -0.25) is 9.59 Å². The van der Waals surface area contributed by atoms with E-state index in [4.69, 9.17) is 14.2 Å². The second-order valence-corrected chi connectivity index (χ2v) is 26.0. The molecule has 0 radical (unpaired) electrons. The van der Waals surface area contributed by atoms with Crippen molar-refractivity contribution in [3.8, 4) is 0 Å². The molecule has 0 aromatic heterocycles. The van der Waals surface area contributed by atoms with Crippen LogP contribution in [0.1, 0.15) is 361 Å². The molecule has 1 heterocycles. The summed E-state index contributed by atoms with van der Waals surface area (Å²) in [5.41, 5.74) is 0. The number of rotatable bonds is 66. The minimum atomic E-state index is -1.57. The van der Waals surface area contributed by atoms with Gasteiger partial charge in [0.15, 0.2) is 6.29 Å². The van der Waals surface area contributed by atoms with Crippen LogP contribution in [0.4, 0.5) is 0 Å². The summed E-state index contributed by atoms with van der Waals surface area (Å²) in [5, 5.41) is 54.3. The molecule has 7 unspecified atom stereocenters. The molecule has 6 N–H and O–H groups in total. The molecule has 7 atom stereocenters. The lowest BCUT2D eigenvalue weighted by Gasteiger charge is -2.40. The average molecular weight is 1230 g/mol. The van der Waals surface area contributed by atoms with Crippen molar-refractivity contribution in [2.45, 2.75) is 403 Å². The molecule has 1 fully saturated rings. The molecule has 510 valence electrons. The van der Waals surface area contributed by atoms with Gasteiger partial charge in [0.2, 0.25) is 5.91 Å². The normalized spacial score (nSPS) is 18.1. The van der Waals surface area contributed by atoms with E-state index in [9.17, 15) is 35.1 Å². The van der Waals surface area contributed by atoms with Crippen LogP contribution >= 0.6 is 0 Å². The summed E-state index contributed by atoms with van der Waals surface area (Å²) in [6.45, 7) is 4.34. The van der Waals surface area contributed by atoms with Crippen LogP contribution in [0.15, 0.2) is 48.6 Å². The van der Waals surface area contributed by atoms with Gasteiger partial charge in [0.1, 0.15) is 24.4 Å². The molecule has 0 aliphatic carbocycles. The van der Waals surface area contributed by atoms with Gasteiger partial charge in [-0.05, 0) is 89.9 Å². The maximum absolute atomic E-state index is 13.0. The van der Waals surface area contributed by atoms with Crippen molar-refractivity contribution in [1.29, 1.82) is 0 Å². The van der Waals surface area contributed by atoms with Crippen molar-refractivity contribution < 1.29 is 49.3 Å². The minimum Gasteiger partial charge on any atom is -0.466 e. The molecule has 11 nitrogen and oxygen atoms in total. The number of carbonyl (C=O) groups excluding carboxylic acids is 2. The van der Waals surface area contributed by atoms with E-state index in [1.165, 1.54) is 270 Å². The Bertz CT molecular complexity index is 1580. The first kappa shape index (κ1) is 82.6. The quantitative estimate of drug-likeness (QED) is 0.0195. The van der Waals surface area contributed by atoms with Gasteiger partial charge < -0.3 is 45.1 Å². The second-order valence-electron chi connectivity index (χ2n) is 26.0. The zero-order chi connectivity index (χ0) is 63.0. The highest BCUT2D eigenvalue weighted by Crippen LogP contribution is 2.23. The van der Waals surface area contributed by atoms with Crippen molar-refractivity contribution in [2.24, 2.45) is 0 Å². The molecule has 0 aromatic carbocycles. The summed E-state index contributed by atoms with van der Waals surface area (Å²) in [6.07, 6.45) is 75.6. The Kier molecular flexibility index (Phi) is 61.9. The Balaban J connectivity index is 1.89. The van der Waals surface area contributed by atoms with Gasteiger partial charge in [-0.25, -0.2) is 0 Å². The van der Waals surface area contributed by atoms with E-state index in [2.05, 4.69) is 55.6 Å². The summed E-state index contributed by atoms with van der Waals surface area (Å²) >= 11 is 0. The Morgan fingerprint density at radius 2 is 0.770 bits per heavy atom. The van der Waals surface area contributed by atoms with Gasteiger partial charge in [0.05, 0.1) is 32.0 Å². The molecular weight excluding hydrogens is 1090 g/mol. The van der Waals surface area contributed by atoms with Crippen LogP contribution in [-0.4, -0.2) is 100 Å². The van der Waals surface area contributed by atoms with Gasteiger partial charge >= 0.3 is 5.97 Å². The fourth-order valence-corrected chi connectivity index (χ4v) is 11.8. The first-order chi connectivity index (χ1) is 42.7. The summed E-state index contributed by atoms with van der Waals surface area (Å²) in [4.78, 5) is 25.1. The number of ether oxygens (including phenoxy) is 3. The maximum atomic E-state index is 13.0. The third-order valence-electron chi connectivity index (χ3n) is 17.7. The van der Waals surface area contributed by atoms with Crippen molar-refractivity contribution in [1.82, 2.24) is 5.32 Å². The number of hydrogen-bond acceptors (Lipinski definition) is 10. The number of aliphatic hydroxyl groups is 5. The number of hydrogen-bond donors (Lipinski definition) is 6. The molecule has 1 amide bonds. The number of aliphatic hydroxyl groups excluding tert-OH is 5. The minimum absolute atomic E-state index is 0.00376. The smallest absolute Gasteiger partial charge is 0.305 e. The van der Waals surface area contributed by atoms with Gasteiger partial charge in [0, 0.05) is 12.8 Å². The number of esters is 1. The molecule has 1 aliphatic heterocycles. The molecule has 0 aromatic rings. The van der Waals surface area contributed by atoms with Crippen molar-refractivity contribution in [2.75, 3.05) is 19.8 Å². The maximum Gasteiger partial charge on any atom is 0.305 e. The molecule has 11 heteroatoms. The topological polar surface area (TPSA) is 175 Å². The number of carbonyl (C=O) groups is 2. The third-order valence-corrected chi connectivity index (χ3v) is 17.7. The Hall–Kier alpha value is -2.38. The second kappa shape index (κ2) is 65.1. The third kappa shape index (κ3) is 53.9. The van der Waals surface area contributed by atoms with Crippen LogP contribution in [0, 0.1) is 0 Å². The number of amides is 1. The van der Waals surface area contributed by atoms with E-state index in [0.29, 0.717) is 19.4 Å². The number of allylic oxidation sites excluding steroid dienone is 7. The van der Waals surface area contributed by atoms with E-state index in [0.717, 1.165) is 64.2 Å². The van der Waals surface area contributed by atoms with Gasteiger partial charge in [0.25, 0.3) is 0 Å². The molecule has 0 saturated carbocycles. The van der Waals surface area contributed by atoms with Gasteiger partial charge in [-0.15, -0.1) is 0 Å². The number of nitrogens with one attached hydrogen (secondary N) is 1. The molecule has 1 saturated heterocycles. The summed E-state index contributed by atoms with van der Waals surface area (Å²) in [6, 6.07) is -0.808.